The molecule has 1 saturated carbocycles. The van der Waals surface area contributed by atoms with Gasteiger partial charge >= 0.3 is 0 Å². The largest absolute Gasteiger partial charge is 0.309 e. The Hall–Kier alpha value is -2.40. The standard InChI is InChI=1S/C22H23N3OS/c1-14-4-8-16(9-5-14)19(26)20(17-10-6-15(2)7-11-17)27-22-24-23-21(25(22)3)18-12-13-18/h4-11,18,20H,12-13H2,1-3H3/t20-/m1/s1. The third-order valence-corrected chi connectivity index (χ3v) is 6.28. The number of benzene rings is 2. The van der Waals surface area contributed by atoms with Crippen LogP contribution in [0.5, 0.6) is 0 Å². The summed E-state index contributed by atoms with van der Waals surface area (Å²) in [4.78, 5) is 13.3. The maximum absolute atomic E-state index is 13.3. The lowest BCUT2D eigenvalue weighted by Crippen LogP contribution is -2.11. The van der Waals surface area contributed by atoms with Crippen LogP contribution in [0.1, 0.15) is 56.9 Å². The zero-order valence-corrected chi connectivity index (χ0v) is 16.7. The average Bonchev–Trinajstić information content (AvgIpc) is 3.45. The smallest absolute Gasteiger partial charge is 0.192 e. The van der Waals surface area contributed by atoms with Gasteiger partial charge in [0, 0.05) is 18.5 Å². The molecule has 138 valence electrons. The second kappa shape index (κ2) is 7.31. The van der Waals surface area contributed by atoms with Crippen molar-refractivity contribution in [3.63, 3.8) is 0 Å². The number of carbonyl (C=O) groups excluding carboxylic acids is 1. The SMILES string of the molecule is Cc1ccc(C(=O)[C@H](Sc2nnc(C3CC3)n2C)c2ccc(C)cc2)cc1. The van der Waals surface area contributed by atoms with Crippen molar-refractivity contribution in [1.82, 2.24) is 14.8 Å². The highest BCUT2D eigenvalue weighted by atomic mass is 32.2. The summed E-state index contributed by atoms with van der Waals surface area (Å²) >= 11 is 1.49. The van der Waals surface area contributed by atoms with Crippen LogP contribution in [-0.2, 0) is 7.05 Å². The fourth-order valence-corrected chi connectivity index (χ4v) is 4.20. The van der Waals surface area contributed by atoms with Gasteiger partial charge in [0.05, 0.1) is 0 Å². The molecule has 0 radical (unpaired) electrons. The number of thioether (sulfide) groups is 1. The van der Waals surface area contributed by atoms with Crippen LogP contribution in [0.15, 0.2) is 53.7 Å². The van der Waals surface area contributed by atoms with Crippen LogP contribution in [0.2, 0.25) is 0 Å². The van der Waals surface area contributed by atoms with Crippen molar-refractivity contribution in [3.8, 4) is 0 Å². The van der Waals surface area contributed by atoms with Crippen LogP contribution in [0.3, 0.4) is 0 Å². The molecule has 4 rings (SSSR count). The minimum absolute atomic E-state index is 0.0971. The molecule has 3 aromatic rings. The highest BCUT2D eigenvalue weighted by molar-refractivity contribution is 8.00. The fourth-order valence-electron chi connectivity index (χ4n) is 3.11. The first-order valence-electron chi connectivity index (χ1n) is 9.26. The fraction of sp³-hybridized carbons (Fsp3) is 0.318. The Kier molecular flexibility index (Phi) is 4.87. The van der Waals surface area contributed by atoms with E-state index in [0.717, 1.165) is 27.7 Å². The van der Waals surface area contributed by atoms with Gasteiger partial charge in [0.15, 0.2) is 10.9 Å². The Bertz CT molecular complexity index is 956. The maximum Gasteiger partial charge on any atom is 0.192 e. The quantitative estimate of drug-likeness (QED) is 0.447. The van der Waals surface area contributed by atoms with Gasteiger partial charge in [0.25, 0.3) is 0 Å². The summed E-state index contributed by atoms with van der Waals surface area (Å²) in [5.41, 5.74) is 4.05. The molecule has 2 aromatic carbocycles. The minimum atomic E-state index is -0.344. The van der Waals surface area contributed by atoms with Crippen LogP contribution in [0, 0.1) is 13.8 Å². The molecule has 1 aliphatic rings. The Morgan fingerprint density at radius 1 is 1.00 bits per heavy atom. The monoisotopic (exact) mass is 377 g/mol. The number of Topliss-reactive ketones (excluding diaryl/α,β-unsaturated/α-hetero) is 1. The van der Waals surface area contributed by atoms with Crippen LogP contribution >= 0.6 is 11.8 Å². The Morgan fingerprint density at radius 2 is 1.59 bits per heavy atom. The lowest BCUT2D eigenvalue weighted by atomic mass is 10.0. The van der Waals surface area contributed by atoms with Crippen molar-refractivity contribution >= 4 is 17.5 Å². The molecule has 1 aromatic heterocycles. The molecule has 0 aliphatic heterocycles. The third-order valence-electron chi connectivity index (χ3n) is 4.99. The molecule has 27 heavy (non-hydrogen) atoms. The van der Waals surface area contributed by atoms with Crippen molar-refractivity contribution in [1.29, 1.82) is 0 Å². The van der Waals surface area contributed by atoms with Crippen molar-refractivity contribution in [2.24, 2.45) is 7.05 Å². The van der Waals surface area contributed by atoms with Gasteiger partial charge in [-0.3, -0.25) is 4.79 Å². The van der Waals surface area contributed by atoms with E-state index in [0.29, 0.717) is 5.92 Å². The summed E-state index contributed by atoms with van der Waals surface area (Å²) in [5.74, 6) is 1.66. The molecule has 0 saturated heterocycles. The average molecular weight is 378 g/mol. The van der Waals surface area contributed by atoms with Crippen LogP contribution in [0.25, 0.3) is 0 Å². The van der Waals surface area contributed by atoms with Gasteiger partial charge in [0.1, 0.15) is 11.1 Å². The molecular weight excluding hydrogens is 354 g/mol. The predicted octanol–water partition coefficient (Wildman–Crippen LogP) is 5.03. The normalized spacial score (nSPS) is 14.9. The highest BCUT2D eigenvalue weighted by Gasteiger charge is 2.31. The Morgan fingerprint density at radius 3 is 2.19 bits per heavy atom. The zero-order valence-electron chi connectivity index (χ0n) is 15.8. The topological polar surface area (TPSA) is 47.8 Å². The lowest BCUT2D eigenvalue weighted by molar-refractivity contribution is 0.0989. The number of carbonyl (C=O) groups is 1. The van der Waals surface area contributed by atoms with Gasteiger partial charge in [-0.25, -0.2) is 0 Å². The number of hydrogen-bond donors (Lipinski definition) is 0. The zero-order chi connectivity index (χ0) is 19.0. The number of rotatable bonds is 6. The molecule has 1 aliphatic carbocycles. The summed E-state index contributed by atoms with van der Waals surface area (Å²) < 4.78 is 2.05. The van der Waals surface area contributed by atoms with E-state index in [2.05, 4.69) is 29.3 Å². The highest BCUT2D eigenvalue weighted by Crippen LogP contribution is 2.42. The summed E-state index contributed by atoms with van der Waals surface area (Å²) in [5, 5.41) is 9.19. The Labute approximate surface area is 164 Å². The van der Waals surface area contributed by atoms with E-state index >= 15 is 0 Å². The first-order valence-corrected chi connectivity index (χ1v) is 10.1. The van der Waals surface area contributed by atoms with E-state index in [1.807, 2.05) is 54.9 Å². The number of aromatic nitrogens is 3. The Balaban J connectivity index is 1.68. The summed E-state index contributed by atoms with van der Waals surface area (Å²) in [6.07, 6.45) is 2.36. The first-order chi connectivity index (χ1) is 13.0. The number of hydrogen-bond acceptors (Lipinski definition) is 4. The molecule has 1 atom stereocenters. The third kappa shape index (κ3) is 3.83. The van der Waals surface area contributed by atoms with E-state index in [-0.39, 0.29) is 11.0 Å². The molecule has 0 spiro atoms. The number of aryl methyl sites for hydroxylation is 2. The second-order valence-electron chi connectivity index (χ2n) is 7.31. The van der Waals surface area contributed by atoms with Gasteiger partial charge in [-0.1, -0.05) is 71.4 Å². The maximum atomic E-state index is 13.3. The van der Waals surface area contributed by atoms with E-state index in [1.165, 1.54) is 30.2 Å². The molecular formula is C22H23N3OS. The molecule has 4 nitrogen and oxygen atoms in total. The molecule has 1 heterocycles. The molecule has 0 N–H and O–H groups in total. The molecule has 0 bridgehead atoms. The number of nitrogens with zero attached hydrogens (tertiary/aromatic N) is 3. The van der Waals surface area contributed by atoms with Gasteiger partial charge in [-0.05, 0) is 32.3 Å². The first kappa shape index (κ1) is 18.0. The van der Waals surface area contributed by atoms with Crippen molar-refractivity contribution in [3.05, 3.63) is 76.6 Å². The van der Waals surface area contributed by atoms with Crippen LogP contribution < -0.4 is 0 Å². The van der Waals surface area contributed by atoms with Gasteiger partial charge in [0.2, 0.25) is 0 Å². The van der Waals surface area contributed by atoms with E-state index in [4.69, 9.17) is 0 Å². The minimum Gasteiger partial charge on any atom is -0.309 e. The van der Waals surface area contributed by atoms with Crippen molar-refractivity contribution in [2.75, 3.05) is 0 Å². The van der Waals surface area contributed by atoms with Gasteiger partial charge < -0.3 is 4.57 Å². The van der Waals surface area contributed by atoms with Crippen LogP contribution in [0.4, 0.5) is 0 Å². The molecule has 0 unspecified atom stereocenters. The summed E-state index contributed by atoms with van der Waals surface area (Å²) in [6.45, 7) is 4.08. The summed E-state index contributed by atoms with van der Waals surface area (Å²) in [6, 6.07) is 16.0. The van der Waals surface area contributed by atoms with Gasteiger partial charge in [-0.15, -0.1) is 10.2 Å². The van der Waals surface area contributed by atoms with Crippen molar-refractivity contribution in [2.45, 2.75) is 43.0 Å². The van der Waals surface area contributed by atoms with Crippen LogP contribution in [-0.4, -0.2) is 20.5 Å². The second-order valence-corrected chi connectivity index (χ2v) is 8.39. The molecule has 1 fully saturated rings. The van der Waals surface area contributed by atoms with E-state index in [9.17, 15) is 4.79 Å². The summed E-state index contributed by atoms with van der Waals surface area (Å²) in [7, 11) is 2.00. The van der Waals surface area contributed by atoms with Crippen molar-refractivity contribution < 1.29 is 4.79 Å². The molecule has 0 amide bonds. The van der Waals surface area contributed by atoms with Gasteiger partial charge in [-0.2, -0.15) is 0 Å². The molecule has 5 heteroatoms. The van der Waals surface area contributed by atoms with E-state index in [1.54, 1.807) is 0 Å². The van der Waals surface area contributed by atoms with E-state index < -0.39 is 0 Å². The number of ketones is 1. The predicted molar refractivity (Wildman–Crippen MR) is 108 cm³/mol. The lowest BCUT2D eigenvalue weighted by Gasteiger charge is -2.16.